The van der Waals surface area contributed by atoms with Crippen LogP contribution in [-0.4, -0.2) is 24.3 Å². The molecule has 0 bridgehead atoms. The van der Waals surface area contributed by atoms with Gasteiger partial charge in [-0.15, -0.1) is 0 Å². The van der Waals surface area contributed by atoms with Gasteiger partial charge in [-0.3, -0.25) is 14.4 Å². The zero-order valence-corrected chi connectivity index (χ0v) is 18.8. The molecule has 1 aliphatic rings. The molecule has 3 aromatic carbocycles. The monoisotopic (exact) mass is 441 g/mol. The molecule has 0 saturated carbocycles. The maximum Gasteiger partial charge on any atom is 0.257 e. The fourth-order valence-corrected chi connectivity index (χ4v) is 3.97. The lowest BCUT2D eigenvalue weighted by molar-refractivity contribution is -0.122. The van der Waals surface area contributed by atoms with Gasteiger partial charge in [-0.25, -0.2) is 0 Å². The molecule has 2 N–H and O–H groups in total. The molecule has 6 heteroatoms. The number of rotatable bonds is 6. The summed E-state index contributed by atoms with van der Waals surface area (Å²) in [6, 6.07) is 22.2. The van der Waals surface area contributed by atoms with Crippen LogP contribution < -0.4 is 15.5 Å². The molecule has 1 heterocycles. The van der Waals surface area contributed by atoms with Crippen LogP contribution in [0.3, 0.4) is 0 Å². The molecule has 0 unspecified atom stereocenters. The van der Waals surface area contributed by atoms with Crippen molar-refractivity contribution in [3.8, 4) is 0 Å². The Hall–Kier alpha value is -3.93. The fraction of sp³-hybridized carbons (Fsp3) is 0.222. The fourth-order valence-electron chi connectivity index (χ4n) is 3.97. The van der Waals surface area contributed by atoms with E-state index in [1.54, 1.807) is 29.2 Å². The third kappa shape index (κ3) is 4.95. The van der Waals surface area contributed by atoms with Crippen LogP contribution in [0.2, 0.25) is 0 Å². The smallest absolute Gasteiger partial charge is 0.257 e. The van der Waals surface area contributed by atoms with E-state index in [9.17, 15) is 14.4 Å². The van der Waals surface area contributed by atoms with Crippen LogP contribution in [0.1, 0.15) is 34.8 Å². The number of hydrogen-bond donors (Lipinski definition) is 2. The number of carbonyl (C=O) groups is 3. The molecule has 3 amide bonds. The predicted octanol–water partition coefficient (Wildman–Crippen LogP) is 4.80. The summed E-state index contributed by atoms with van der Waals surface area (Å²) < 4.78 is 0. The highest BCUT2D eigenvalue weighted by Crippen LogP contribution is 2.27. The van der Waals surface area contributed by atoms with Gasteiger partial charge in [-0.1, -0.05) is 49.4 Å². The van der Waals surface area contributed by atoms with E-state index in [0.717, 1.165) is 23.4 Å². The van der Waals surface area contributed by atoms with Crippen molar-refractivity contribution in [2.24, 2.45) is 5.92 Å². The second-order valence-electron chi connectivity index (χ2n) is 8.23. The van der Waals surface area contributed by atoms with E-state index in [1.165, 1.54) is 5.56 Å². The summed E-state index contributed by atoms with van der Waals surface area (Å²) in [6.45, 7) is 4.31. The first-order valence-corrected chi connectivity index (χ1v) is 11.1. The van der Waals surface area contributed by atoms with Crippen molar-refractivity contribution >= 4 is 34.8 Å². The summed E-state index contributed by atoms with van der Waals surface area (Å²) in [4.78, 5) is 40.2. The molecule has 0 radical (unpaired) electrons. The second kappa shape index (κ2) is 9.69. The van der Waals surface area contributed by atoms with Gasteiger partial charge < -0.3 is 15.5 Å². The Morgan fingerprint density at radius 1 is 0.909 bits per heavy atom. The number of amides is 3. The van der Waals surface area contributed by atoms with Crippen molar-refractivity contribution in [2.75, 3.05) is 22.1 Å². The highest BCUT2D eigenvalue weighted by molar-refractivity contribution is 6.11. The van der Waals surface area contributed by atoms with E-state index in [2.05, 4.69) is 17.6 Å². The van der Waals surface area contributed by atoms with Crippen LogP contribution in [0.5, 0.6) is 0 Å². The third-order valence-corrected chi connectivity index (χ3v) is 5.97. The average Bonchev–Trinajstić information content (AvgIpc) is 3.22. The molecular formula is C27H27N3O3. The summed E-state index contributed by atoms with van der Waals surface area (Å²) in [5.74, 6) is -1.15. The average molecular weight is 442 g/mol. The van der Waals surface area contributed by atoms with Crippen molar-refractivity contribution in [1.29, 1.82) is 0 Å². The van der Waals surface area contributed by atoms with E-state index in [-0.39, 0.29) is 24.1 Å². The van der Waals surface area contributed by atoms with E-state index in [4.69, 9.17) is 0 Å². The molecule has 1 fully saturated rings. The number of nitrogens with zero attached hydrogens (tertiary/aromatic N) is 1. The summed E-state index contributed by atoms with van der Waals surface area (Å²) >= 11 is 0. The largest absolute Gasteiger partial charge is 0.325 e. The van der Waals surface area contributed by atoms with Gasteiger partial charge in [0.1, 0.15) is 0 Å². The maximum absolute atomic E-state index is 13.0. The van der Waals surface area contributed by atoms with Crippen molar-refractivity contribution in [2.45, 2.75) is 26.7 Å². The first-order chi connectivity index (χ1) is 16.0. The SMILES string of the molecule is CCc1ccc(N2C[C@H](C(=O)Nc3ccccc3C(=O)Nc3ccccc3C)CC2=O)cc1. The van der Waals surface area contributed by atoms with Crippen LogP contribution in [0.15, 0.2) is 72.8 Å². The topological polar surface area (TPSA) is 78.5 Å². The lowest BCUT2D eigenvalue weighted by Gasteiger charge is -2.17. The van der Waals surface area contributed by atoms with E-state index in [1.807, 2.05) is 55.5 Å². The standard InChI is InChI=1S/C27H27N3O3/c1-3-19-12-14-21(15-13-19)30-17-20(16-25(30)31)26(32)29-24-11-7-5-9-22(24)27(33)28-23-10-6-4-8-18(23)2/h4-15,20H,3,16-17H2,1-2H3,(H,28,33)(H,29,32)/t20-/m1/s1. The Balaban J connectivity index is 1.46. The van der Waals surface area contributed by atoms with Crippen molar-refractivity contribution < 1.29 is 14.4 Å². The van der Waals surface area contributed by atoms with Gasteiger partial charge in [0.05, 0.1) is 17.2 Å². The van der Waals surface area contributed by atoms with Gasteiger partial charge in [-0.05, 0) is 54.8 Å². The van der Waals surface area contributed by atoms with Gasteiger partial charge in [0, 0.05) is 24.3 Å². The molecule has 4 rings (SSSR count). The third-order valence-electron chi connectivity index (χ3n) is 5.97. The van der Waals surface area contributed by atoms with Crippen molar-refractivity contribution in [3.05, 3.63) is 89.5 Å². The summed E-state index contributed by atoms with van der Waals surface area (Å²) in [5.41, 5.74) is 4.45. The molecule has 0 aliphatic carbocycles. The minimum absolute atomic E-state index is 0.0787. The normalized spacial score (nSPS) is 15.4. The van der Waals surface area contributed by atoms with Gasteiger partial charge in [-0.2, -0.15) is 0 Å². The molecule has 33 heavy (non-hydrogen) atoms. The van der Waals surface area contributed by atoms with Gasteiger partial charge in [0.15, 0.2) is 0 Å². The molecule has 0 spiro atoms. The lowest BCUT2D eigenvalue weighted by Crippen LogP contribution is -2.28. The van der Waals surface area contributed by atoms with Crippen LogP contribution in [0.25, 0.3) is 0 Å². The second-order valence-corrected chi connectivity index (χ2v) is 8.23. The van der Waals surface area contributed by atoms with Crippen LogP contribution in [0.4, 0.5) is 17.1 Å². The van der Waals surface area contributed by atoms with Crippen LogP contribution in [0, 0.1) is 12.8 Å². The molecular weight excluding hydrogens is 414 g/mol. The highest BCUT2D eigenvalue weighted by Gasteiger charge is 2.35. The summed E-state index contributed by atoms with van der Waals surface area (Å²) in [7, 11) is 0. The summed E-state index contributed by atoms with van der Waals surface area (Å²) in [5, 5.41) is 5.77. The van der Waals surface area contributed by atoms with E-state index >= 15 is 0 Å². The molecule has 1 saturated heterocycles. The van der Waals surface area contributed by atoms with Gasteiger partial charge in [0.2, 0.25) is 11.8 Å². The van der Waals surface area contributed by atoms with E-state index in [0.29, 0.717) is 17.8 Å². The van der Waals surface area contributed by atoms with Gasteiger partial charge >= 0.3 is 0 Å². The minimum atomic E-state index is -0.490. The Morgan fingerprint density at radius 2 is 1.58 bits per heavy atom. The Bertz CT molecular complexity index is 1190. The number of benzene rings is 3. The van der Waals surface area contributed by atoms with E-state index < -0.39 is 5.92 Å². The number of nitrogens with one attached hydrogen (secondary N) is 2. The van der Waals surface area contributed by atoms with Gasteiger partial charge in [0.25, 0.3) is 5.91 Å². The van der Waals surface area contributed by atoms with Crippen LogP contribution >= 0.6 is 0 Å². The zero-order valence-electron chi connectivity index (χ0n) is 18.8. The molecule has 0 aromatic heterocycles. The summed E-state index contributed by atoms with van der Waals surface area (Å²) in [6.07, 6.45) is 1.06. The Labute approximate surface area is 193 Å². The lowest BCUT2D eigenvalue weighted by atomic mass is 10.1. The quantitative estimate of drug-likeness (QED) is 0.577. The first-order valence-electron chi connectivity index (χ1n) is 11.1. The first kappa shape index (κ1) is 22.3. The Kier molecular flexibility index (Phi) is 6.54. The molecule has 6 nitrogen and oxygen atoms in total. The number of para-hydroxylation sites is 2. The highest BCUT2D eigenvalue weighted by atomic mass is 16.2. The number of aryl methyl sites for hydroxylation is 2. The minimum Gasteiger partial charge on any atom is -0.325 e. The van der Waals surface area contributed by atoms with Crippen molar-refractivity contribution in [3.63, 3.8) is 0 Å². The molecule has 1 atom stereocenters. The molecule has 1 aliphatic heterocycles. The number of anilines is 3. The maximum atomic E-state index is 13.0. The Morgan fingerprint density at radius 3 is 2.27 bits per heavy atom. The molecule has 168 valence electrons. The molecule has 3 aromatic rings. The van der Waals surface area contributed by atoms with Crippen LogP contribution in [-0.2, 0) is 16.0 Å². The zero-order chi connectivity index (χ0) is 23.4. The van der Waals surface area contributed by atoms with Crippen molar-refractivity contribution in [1.82, 2.24) is 0 Å². The number of hydrogen-bond acceptors (Lipinski definition) is 3. The number of carbonyl (C=O) groups excluding carboxylic acids is 3. The predicted molar refractivity (Wildman–Crippen MR) is 130 cm³/mol.